The quantitative estimate of drug-likeness (QED) is 0.633. The van der Waals surface area contributed by atoms with Gasteiger partial charge >= 0.3 is 5.97 Å². The fourth-order valence-electron chi connectivity index (χ4n) is 0.805. The van der Waals surface area contributed by atoms with E-state index in [1.54, 1.807) is 18.3 Å². The van der Waals surface area contributed by atoms with Gasteiger partial charge in [0.1, 0.15) is 11.9 Å². The van der Waals surface area contributed by atoms with Crippen LogP contribution < -0.4 is 11.1 Å². The summed E-state index contributed by atoms with van der Waals surface area (Å²) >= 11 is 0. The lowest BCUT2D eigenvalue weighted by Crippen LogP contribution is -2.26. The number of nitrogens with two attached hydrogens (primary N) is 1. The molecule has 1 atom stereocenters. The van der Waals surface area contributed by atoms with Crippen LogP contribution in [0.25, 0.3) is 0 Å². The van der Waals surface area contributed by atoms with E-state index in [1.807, 2.05) is 0 Å². The first-order chi connectivity index (χ1) is 6.11. The van der Waals surface area contributed by atoms with E-state index in [9.17, 15) is 4.79 Å². The third kappa shape index (κ3) is 2.33. The Morgan fingerprint density at radius 1 is 1.77 bits per heavy atom. The number of aliphatic carboxylic acids is 1. The van der Waals surface area contributed by atoms with E-state index in [2.05, 4.69) is 10.3 Å². The maximum Gasteiger partial charge on any atom is 0.325 e. The summed E-state index contributed by atoms with van der Waals surface area (Å²) in [7, 11) is 0. The summed E-state index contributed by atoms with van der Waals surface area (Å²) in [4.78, 5) is 14.4. The van der Waals surface area contributed by atoms with E-state index in [4.69, 9.17) is 10.8 Å². The summed E-state index contributed by atoms with van der Waals surface area (Å²) in [6, 6.07) is 2.65. The summed E-state index contributed by atoms with van der Waals surface area (Å²) in [6.45, 7) is 1.52. The molecule has 0 bridgehead atoms. The van der Waals surface area contributed by atoms with E-state index in [0.717, 1.165) is 0 Å². The van der Waals surface area contributed by atoms with Crippen molar-refractivity contribution in [2.75, 3.05) is 11.1 Å². The van der Waals surface area contributed by atoms with Gasteiger partial charge in [0.25, 0.3) is 0 Å². The topological polar surface area (TPSA) is 88.2 Å². The molecule has 1 aromatic heterocycles. The number of carbonyl (C=O) groups is 1. The summed E-state index contributed by atoms with van der Waals surface area (Å²) in [5.74, 6) is -0.539. The number of anilines is 2. The Kier molecular flexibility index (Phi) is 2.69. The Hall–Kier alpha value is -1.78. The van der Waals surface area contributed by atoms with Crippen molar-refractivity contribution >= 4 is 17.5 Å². The van der Waals surface area contributed by atoms with Crippen LogP contribution in [-0.4, -0.2) is 22.1 Å². The first-order valence-electron chi connectivity index (χ1n) is 3.81. The molecule has 1 rings (SSSR count). The number of rotatable bonds is 3. The van der Waals surface area contributed by atoms with Gasteiger partial charge in [-0.25, -0.2) is 4.98 Å². The zero-order valence-corrected chi connectivity index (χ0v) is 7.19. The third-order valence-corrected chi connectivity index (χ3v) is 1.56. The third-order valence-electron chi connectivity index (χ3n) is 1.56. The van der Waals surface area contributed by atoms with Crippen LogP contribution >= 0.6 is 0 Å². The highest BCUT2D eigenvalue weighted by Crippen LogP contribution is 2.13. The number of hydrogen-bond donors (Lipinski definition) is 3. The molecule has 5 heteroatoms. The Morgan fingerprint density at radius 2 is 2.46 bits per heavy atom. The van der Waals surface area contributed by atoms with Crippen LogP contribution in [0.4, 0.5) is 11.5 Å². The van der Waals surface area contributed by atoms with E-state index in [1.165, 1.54) is 6.92 Å². The van der Waals surface area contributed by atoms with Gasteiger partial charge in [0.15, 0.2) is 0 Å². The number of carboxylic acid groups (broad SMARTS) is 1. The Labute approximate surface area is 75.6 Å². The molecule has 0 fully saturated rings. The summed E-state index contributed by atoms with van der Waals surface area (Å²) in [5.41, 5.74) is 5.99. The lowest BCUT2D eigenvalue weighted by Gasteiger charge is -2.10. The van der Waals surface area contributed by atoms with Gasteiger partial charge in [0, 0.05) is 6.20 Å². The van der Waals surface area contributed by atoms with E-state index in [0.29, 0.717) is 11.5 Å². The highest BCUT2D eigenvalue weighted by atomic mass is 16.4. The lowest BCUT2D eigenvalue weighted by molar-refractivity contribution is -0.137. The predicted octanol–water partition coefficient (Wildman–Crippen LogP) is 0.549. The first-order valence-corrected chi connectivity index (χ1v) is 3.81. The molecule has 0 aromatic carbocycles. The SMILES string of the molecule is CC(Nc1ncccc1N)C(=O)O. The normalized spacial score (nSPS) is 12.1. The molecule has 5 nitrogen and oxygen atoms in total. The molecule has 0 aliphatic rings. The summed E-state index contributed by atoms with van der Waals surface area (Å²) in [6.07, 6.45) is 1.55. The minimum absolute atomic E-state index is 0.400. The van der Waals surface area contributed by atoms with Gasteiger partial charge in [-0.15, -0.1) is 0 Å². The minimum Gasteiger partial charge on any atom is -0.480 e. The van der Waals surface area contributed by atoms with Crippen LogP contribution in [0.2, 0.25) is 0 Å². The van der Waals surface area contributed by atoms with Gasteiger partial charge in [0.2, 0.25) is 0 Å². The second-order valence-electron chi connectivity index (χ2n) is 2.65. The van der Waals surface area contributed by atoms with Crippen LogP contribution in [0.3, 0.4) is 0 Å². The molecule has 70 valence electrons. The summed E-state index contributed by atoms with van der Waals surface area (Å²) < 4.78 is 0. The number of aromatic nitrogens is 1. The van der Waals surface area contributed by atoms with Gasteiger partial charge < -0.3 is 16.2 Å². The molecular formula is C8H11N3O2. The van der Waals surface area contributed by atoms with Crippen molar-refractivity contribution in [3.63, 3.8) is 0 Å². The average Bonchev–Trinajstić information content (AvgIpc) is 2.08. The molecule has 0 aliphatic heterocycles. The van der Waals surface area contributed by atoms with E-state index < -0.39 is 12.0 Å². The molecule has 0 saturated heterocycles. The second-order valence-corrected chi connectivity index (χ2v) is 2.65. The van der Waals surface area contributed by atoms with Gasteiger partial charge in [-0.1, -0.05) is 0 Å². The second kappa shape index (κ2) is 3.75. The van der Waals surface area contributed by atoms with Crippen molar-refractivity contribution in [3.8, 4) is 0 Å². The number of carboxylic acids is 1. The monoisotopic (exact) mass is 181 g/mol. The largest absolute Gasteiger partial charge is 0.480 e. The molecule has 13 heavy (non-hydrogen) atoms. The predicted molar refractivity (Wildman–Crippen MR) is 49.4 cm³/mol. The zero-order valence-electron chi connectivity index (χ0n) is 7.19. The highest BCUT2D eigenvalue weighted by Gasteiger charge is 2.11. The Morgan fingerprint density at radius 3 is 3.00 bits per heavy atom. The minimum atomic E-state index is -0.940. The van der Waals surface area contributed by atoms with E-state index in [-0.39, 0.29) is 0 Å². The number of pyridine rings is 1. The number of nitrogens with zero attached hydrogens (tertiary/aromatic N) is 1. The van der Waals surface area contributed by atoms with Gasteiger partial charge in [-0.05, 0) is 19.1 Å². The van der Waals surface area contributed by atoms with Crippen LogP contribution in [0.1, 0.15) is 6.92 Å². The molecule has 0 saturated carbocycles. The standard InChI is InChI=1S/C8H11N3O2/c1-5(8(12)13)11-7-6(9)3-2-4-10-7/h2-5H,9H2,1H3,(H,10,11)(H,12,13). The van der Waals surface area contributed by atoms with E-state index >= 15 is 0 Å². The fourth-order valence-corrected chi connectivity index (χ4v) is 0.805. The summed E-state index contributed by atoms with van der Waals surface area (Å²) in [5, 5.41) is 11.3. The number of nitrogens with one attached hydrogen (secondary N) is 1. The van der Waals surface area contributed by atoms with Gasteiger partial charge in [0.05, 0.1) is 5.69 Å². The molecule has 1 heterocycles. The van der Waals surface area contributed by atoms with Crippen LogP contribution in [0, 0.1) is 0 Å². The molecule has 1 unspecified atom stereocenters. The van der Waals surface area contributed by atoms with Crippen molar-refractivity contribution < 1.29 is 9.90 Å². The lowest BCUT2D eigenvalue weighted by atomic mass is 10.3. The van der Waals surface area contributed by atoms with Gasteiger partial charge in [-0.2, -0.15) is 0 Å². The van der Waals surface area contributed by atoms with Crippen molar-refractivity contribution in [1.82, 2.24) is 4.98 Å². The smallest absolute Gasteiger partial charge is 0.325 e. The number of nitrogen functional groups attached to an aromatic ring is 1. The van der Waals surface area contributed by atoms with Crippen molar-refractivity contribution in [2.24, 2.45) is 0 Å². The highest BCUT2D eigenvalue weighted by molar-refractivity contribution is 5.77. The number of hydrogen-bond acceptors (Lipinski definition) is 4. The van der Waals surface area contributed by atoms with Gasteiger partial charge in [-0.3, -0.25) is 4.79 Å². The van der Waals surface area contributed by atoms with Crippen molar-refractivity contribution in [3.05, 3.63) is 18.3 Å². The first kappa shape index (κ1) is 9.31. The molecule has 1 aromatic rings. The van der Waals surface area contributed by atoms with Crippen LogP contribution in [0.15, 0.2) is 18.3 Å². The average molecular weight is 181 g/mol. The fraction of sp³-hybridized carbons (Fsp3) is 0.250. The van der Waals surface area contributed by atoms with Crippen molar-refractivity contribution in [1.29, 1.82) is 0 Å². The maximum atomic E-state index is 10.5. The molecule has 4 N–H and O–H groups in total. The van der Waals surface area contributed by atoms with Crippen LogP contribution in [-0.2, 0) is 4.79 Å². The van der Waals surface area contributed by atoms with Crippen molar-refractivity contribution in [2.45, 2.75) is 13.0 Å². The molecule has 0 radical (unpaired) electrons. The maximum absolute atomic E-state index is 10.5. The Balaban J connectivity index is 2.74. The zero-order chi connectivity index (χ0) is 9.84. The molecule has 0 amide bonds. The van der Waals surface area contributed by atoms with Crippen LogP contribution in [0.5, 0.6) is 0 Å². The molecular weight excluding hydrogens is 170 g/mol. The molecule has 0 aliphatic carbocycles. The molecule has 0 spiro atoms. The Bertz CT molecular complexity index is 314.